The Kier molecular flexibility index (Phi) is 5.32. The molecule has 138 valence electrons. The Balaban J connectivity index is 1.81. The van der Waals surface area contributed by atoms with E-state index in [0.29, 0.717) is 25.3 Å². The molecular weight excluding hydrogens is 336 g/mol. The lowest BCUT2D eigenvalue weighted by Crippen LogP contribution is -2.35. The van der Waals surface area contributed by atoms with Crippen molar-refractivity contribution in [2.24, 2.45) is 0 Å². The van der Waals surface area contributed by atoms with Crippen molar-refractivity contribution in [3.8, 4) is 5.75 Å². The van der Waals surface area contributed by atoms with E-state index in [2.05, 4.69) is 14.9 Å². The van der Waals surface area contributed by atoms with Gasteiger partial charge < -0.3 is 9.72 Å². The van der Waals surface area contributed by atoms with Crippen molar-refractivity contribution in [3.63, 3.8) is 0 Å². The molecule has 26 heavy (non-hydrogen) atoms. The van der Waals surface area contributed by atoms with E-state index in [4.69, 9.17) is 4.74 Å². The van der Waals surface area contributed by atoms with Gasteiger partial charge in [0.25, 0.3) is 11.2 Å². The van der Waals surface area contributed by atoms with E-state index < -0.39 is 4.92 Å². The Morgan fingerprint density at radius 2 is 2.23 bits per heavy atom. The molecule has 0 aliphatic carbocycles. The van der Waals surface area contributed by atoms with Crippen LogP contribution in [0.2, 0.25) is 0 Å². The number of nitro groups is 1. The van der Waals surface area contributed by atoms with Crippen molar-refractivity contribution >= 4 is 5.69 Å². The number of H-pyrrole nitrogens is 1. The van der Waals surface area contributed by atoms with Crippen molar-refractivity contribution in [1.29, 1.82) is 0 Å². The fourth-order valence-corrected chi connectivity index (χ4v) is 3.25. The van der Waals surface area contributed by atoms with Gasteiger partial charge in [-0.05, 0) is 18.9 Å². The number of fused-ring (bicyclic) bond motifs is 1. The number of methoxy groups -OCH3 is 1. The lowest BCUT2D eigenvalue weighted by Gasteiger charge is -2.28. The number of non-ortho nitro benzene ring substituents is 1. The summed E-state index contributed by atoms with van der Waals surface area (Å²) in [7, 11) is 1.51. The fourth-order valence-electron chi connectivity index (χ4n) is 3.25. The molecule has 0 radical (unpaired) electrons. The van der Waals surface area contributed by atoms with E-state index in [1.807, 2.05) is 6.92 Å². The van der Waals surface area contributed by atoms with Gasteiger partial charge in [-0.2, -0.15) is 0 Å². The summed E-state index contributed by atoms with van der Waals surface area (Å²) in [6, 6.07) is 4.65. The Hall–Kier alpha value is -2.74. The zero-order valence-corrected chi connectivity index (χ0v) is 14.9. The number of aromatic amines is 1. The predicted molar refractivity (Wildman–Crippen MR) is 96.3 cm³/mol. The number of nitro benzene ring substituents is 1. The number of nitrogens with zero attached hydrogens (tertiary/aromatic N) is 3. The molecule has 1 N–H and O–H groups in total. The molecule has 0 fully saturated rings. The van der Waals surface area contributed by atoms with Gasteiger partial charge in [0.15, 0.2) is 0 Å². The van der Waals surface area contributed by atoms with Crippen molar-refractivity contribution in [1.82, 2.24) is 14.9 Å². The summed E-state index contributed by atoms with van der Waals surface area (Å²) in [5, 5.41) is 10.9. The number of nitrogens with one attached hydrogen (secondary N) is 1. The lowest BCUT2D eigenvalue weighted by atomic mass is 10.0. The molecule has 2 heterocycles. The molecule has 0 unspecified atom stereocenters. The van der Waals surface area contributed by atoms with Gasteiger partial charge in [0.05, 0.1) is 23.8 Å². The van der Waals surface area contributed by atoms with Crippen LogP contribution in [0.1, 0.15) is 36.0 Å². The molecule has 2 aromatic rings. The van der Waals surface area contributed by atoms with Crippen LogP contribution in [0.4, 0.5) is 5.69 Å². The minimum Gasteiger partial charge on any atom is -0.496 e. The maximum Gasteiger partial charge on any atom is 0.273 e. The van der Waals surface area contributed by atoms with Gasteiger partial charge in [-0.3, -0.25) is 19.8 Å². The van der Waals surface area contributed by atoms with E-state index in [0.717, 1.165) is 42.0 Å². The van der Waals surface area contributed by atoms with Crippen molar-refractivity contribution in [3.05, 3.63) is 61.3 Å². The standard InChI is InChI=1S/C18H22N4O4/c1-3-4-17-19-15-11-21(8-7-14(15)18(23)20-17)10-12-5-6-13(22(24)25)9-16(12)26-2/h5-6,9H,3-4,7-8,10-11H2,1-2H3,(H,19,20,23). The van der Waals surface area contributed by atoms with E-state index in [1.165, 1.54) is 19.2 Å². The molecule has 0 bridgehead atoms. The molecule has 1 aromatic carbocycles. The molecule has 0 amide bonds. The number of aryl methyl sites for hydroxylation is 1. The molecule has 0 saturated carbocycles. The Bertz CT molecular complexity index is 878. The number of aromatic nitrogens is 2. The molecule has 0 saturated heterocycles. The normalized spacial score (nSPS) is 14.1. The van der Waals surface area contributed by atoms with Crippen LogP contribution in [-0.2, 0) is 25.9 Å². The summed E-state index contributed by atoms with van der Waals surface area (Å²) in [4.78, 5) is 32.4. The monoisotopic (exact) mass is 358 g/mol. The zero-order chi connectivity index (χ0) is 18.7. The minimum absolute atomic E-state index is 0.00648. The molecule has 1 aliphatic rings. The predicted octanol–water partition coefficient (Wildman–Crippen LogP) is 2.20. The second-order valence-electron chi connectivity index (χ2n) is 6.40. The summed E-state index contributed by atoms with van der Waals surface area (Å²) >= 11 is 0. The quantitative estimate of drug-likeness (QED) is 0.627. The molecule has 3 rings (SSSR count). The zero-order valence-electron chi connectivity index (χ0n) is 14.9. The highest BCUT2D eigenvalue weighted by molar-refractivity contribution is 5.44. The molecule has 8 nitrogen and oxygen atoms in total. The Labute approximate surface area is 151 Å². The van der Waals surface area contributed by atoms with Crippen LogP contribution in [0.3, 0.4) is 0 Å². The van der Waals surface area contributed by atoms with Crippen molar-refractivity contribution in [2.75, 3.05) is 13.7 Å². The summed E-state index contributed by atoms with van der Waals surface area (Å²) < 4.78 is 5.32. The highest BCUT2D eigenvalue weighted by Gasteiger charge is 2.22. The van der Waals surface area contributed by atoms with Crippen molar-refractivity contribution < 1.29 is 9.66 Å². The number of hydrogen-bond acceptors (Lipinski definition) is 6. The first-order valence-corrected chi connectivity index (χ1v) is 8.66. The topological polar surface area (TPSA) is 101 Å². The molecule has 8 heteroatoms. The van der Waals surface area contributed by atoms with E-state index >= 15 is 0 Å². The van der Waals surface area contributed by atoms with Crippen molar-refractivity contribution in [2.45, 2.75) is 39.3 Å². The van der Waals surface area contributed by atoms with Crippen LogP contribution in [-0.4, -0.2) is 33.4 Å². The van der Waals surface area contributed by atoms with E-state index in [1.54, 1.807) is 6.07 Å². The maximum atomic E-state index is 12.2. The van der Waals surface area contributed by atoms with Gasteiger partial charge in [-0.25, -0.2) is 4.98 Å². The van der Waals surface area contributed by atoms with Crippen LogP contribution in [0.25, 0.3) is 0 Å². The number of benzene rings is 1. The largest absolute Gasteiger partial charge is 0.496 e. The number of rotatable bonds is 6. The lowest BCUT2D eigenvalue weighted by molar-refractivity contribution is -0.384. The highest BCUT2D eigenvalue weighted by atomic mass is 16.6. The number of ether oxygens (including phenoxy) is 1. The number of hydrogen-bond donors (Lipinski definition) is 1. The van der Waals surface area contributed by atoms with Gasteiger partial charge in [0.2, 0.25) is 0 Å². The van der Waals surface area contributed by atoms with Crippen LogP contribution in [0.5, 0.6) is 5.75 Å². The van der Waals surface area contributed by atoms with E-state index in [9.17, 15) is 14.9 Å². The third-order valence-electron chi connectivity index (χ3n) is 4.56. The third kappa shape index (κ3) is 3.75. The first-order chi connectivity index (χ1) is 12.5. The Morgan fingerprint density at radius 1 is 1.42 bits per heavy atom. The van der Waals surface area contributed by atoms with Gasteiger partial charge in [-0.15, -0.1) is 0 Å². The van der Waals surface area contributed by atoms with E-state index in [-0.39, 0.29) is 11.2 Å². The summed E-state index contributed by atoms with van der Waals surface area (Å²) in [6.45, 7) is 3.94. The molecule has 1 aromatic heterocycles. The molecule has 1 aliphatic heterocycles. The first-order valence-electron chi connectivity index (χ1n) is 8.66. The van der Waals surface area contributed by atoms with Crippen LogP contribution >= 0.6 is 0 Å². The highest BCUT2D eigenvalue weighted by Crippen LogP contribution is 2.27. The van der Waals surface area contributed by atoms with Gasteiger partial charge in [0.1, 0.15) is 11.6 Å². The summed E-state index contributed by atoms with van der Waals surface area (Å²) in [5.74, 6) is 1.22. The second kappa shape index (κ2) is 7.65. The minimum atomic E-state index is -0.436. The molecule has 0 atom stereocenters. The smallest absolute Gasteiger partial charge is 0.273 e. The first kappa shape index (κ1) is 18.1. The SMILES string of the molecule is CCCc1nc2c(c(=O)[nH]1)CCN(Cc1ccc([N+](=O)[O-])cc1OC)C2. The van der Waals surface area contributed by atoms with Crippen LogP contribution < -0.4 is 10.3 Å². The second-order valence-corrected chi connectivity index (χ2v) is 6.40. The third-order valence-corrected chi connectivity index (χ3v) is 4.56. The summed E-state index contributed by atoms with van der Waals surface area (Å²) in [6.07, 6.45) is 2.31. The molecule has 0 spiro atoms. The summed E-state index contributed by atoms with van der Waals surface area (Å²) in [5.41, 5.74) is 2.43. The maximum absolute atomic E-state index is 12.2. The van der Waals surface area contributed by atoms with Gasteiger partial charge >= 0.3 is 0 Å². The average molecular weight is 358 g/mol. The average Bonchev–Trinajstić information content (AvgIpc) is 2.62. The van der Waals surface area contributed by atoms with Crippen LogP contribution in [0.15, 0.2) is 23.0 Å². The molecular formula is C18H22N4O4. The fraction of sp³-hybridized carbons (Fsp3) is 0.444. The Morgan fingerprint density at radius 3 is 2.92 bits per heavy atom. The van der Waals surface area contributed by atoms with Crippen LogP contribution in [0, 0.1) is 10.1 Å². The van der Waals surface area contributed by atoms with Gasteiger partial charge in [-0.1, -0.05) is 6.92 Å². The van der Waals surface area contributed by atoms with Gasteiger partial charge in [0, 0.05) is 43.2 Å².